The number of rotatable bonds is 8. The van der Waals surface area contributed by atoms with E-state index in [1.54, 1.807) is 12.1 Å². The number of carbonyl (C=O) groups is 3. The molecule has 0 bridgehead atoms. The van der Waals surface area contributed by atoms with Gasteiger partial charge in [-0.05, 0) is 38.8 Å². The van der Waals surface area contributed by atoms with E-state index >= 15 is 0 Å². The Hall–Kier alpha value is -2.26. The molecule has 0 spiro atoms. The van der Waals surface area contributed by atoms with Crippen LogP contribution < -0.4 is 20.7 Å². The molecule has 0 unspecified atom stereocenters. The lowest BCUT2D eigenvalue weighted by Gasteiger charge is -2.24. The van der Waals surface area contributed by atoms with Crippen LogP contribution >= 0.6 is 11.8 Å². The molecular weight excluding hydrogens is 394 g/mol. The molecule has 158 valence electrons. The number of ether oxygens (including phenoxy) is 2. The van der Waals surface area contributed by atoms with E-state index in [9.17, 15) is 14.4 Å². The SMILES string of the molecule is COC(=O)[C@@H]1N[C@@H]([C@H](NC(=O)COc2ccccc2)C(=O)NC2CC2)SC1(C)C. The molecule has 8 nitrogen and oxygen atoms in total. The molecule has 1 heterocycles. The summed E-state index contributed by atoms with van der Waals surface area (Å²) >= 11 is 1.43. The summed E-state index contributed by atoms with van der Waals surface area (Å²) in [5, 5.41) is 8.38. The zero-order valence-electron chi connectivity index (χ0n) is 16.8. The van der Waals surface area contributed by atoms with E-state index in [1.165, 1.54) is 18.9 Å². The molecule has 29 heavy (non-hydrogen) atoms. The van der Waals surface area contributed by atoms with Gasteiger partial charge in [0, 0.05) is 10.8 Å². The quantitative estimate of drug-likeness (QED) is 0.534. The molecule has 2 amide bonds. The second kappa shape index (κ2) is 9.04. The number of hydrogen-bond donors (Lipinski definition) is 3. The molecule has 2 fully saturated rings. The minimum atomic E-state index is -0.846. The van der Waals surface area contributed by atoms with Crippen LogP contribution in [-0.4, -0.2) is 59.7 Å². The smallest absolute Gasteiger partial charge is 0.324 e. The fourth-order valence-corrected chi connectivity index (χ4v) is 4.59. The molecule has 1 aliphatic heterocycles. The third kappa shape index (κ3) is 5.63. The lowest BCUT2D eigenvalue weighted by molar-refractivity contribution is -0.143. The van der Waals surface area contributed by atoms with Crippen molar-refractivity contribution >= 4 is 29.5 Å². The van der Waals surface area contributed by atoms with Gasteiger partial charge in [0.2, 0.25) is 5.91 Å². The summed E-state index contributed by atoms with van der Waals surface area (Å²) in [6.45, 7) is 3.60. The number of thioether (sulfide) groups is 1. The van der Waals surface area contributed by atoms with Crippen molar-refractivity contribution in [3.05, 3.63) is 30.3 Å². The van der Waals surface area contributed by atoms with E-state index in [-0.39, 0.29) is 18.6 Å². The van der Waals surface area contributed by atoms with Crippen molar-refractivity contribution in [2.45, 2.75) is 54.9 Å². The van der Waals surface area contributed by atoms with Crippen LogP contribution in [0.5, 0.6) is 5.75 Å². The van der Waals surface area contributed by atoms with Gasteiger partial charge in [-0.2, -0.15) is 0 Å². The van der Waals surface area contributed by atoms with Crippen LogP contribution in [0.3, 0.4) is 0 Å². The van der Waals surface area contributed by atoms with Gasteiger partial charge in [-0.15, -0.1) is 11.8 Å². The highest BCUT2D eigenvalue weighted by Gasteiger charge is 2.50. The molecule has 9 heteroatoms. The van der Waals surface area contributed by atoms with Gasteiger partial charge in [0.05, 0.1) is 12.5 Å². The molecule has 3 N–H and O–H groups in total. The summed E-state index contributed by atoms with van der Waals surface area (Å²) in [6, 6.07) is 7.70. The molecule has 1 aromatic carbocycles. The fourth-order valence-electron chi connectivity index (χ4n) is 3.11. The Bertz CT molecular complexity index is 754. The highest BCUT2D eigenvalue weighted by atomic mass is 32.2. The lowest BCUT2D eigenvalue weighted by atomic mass is 10.0. The van der Waals surface area contributed by atoms with Crippen LogP contribution in [0, 0.1) is 0 Å². The Balaban J connectivity index is 1.66. The summed E-state index contributed by atoms with van der Waals surface area (Å²) in [4.78, 5) is 37.4. The Kier molecular flexibility index (Phi) is 6.69. The topological polar surface area (TPSA) is 106 Å². The lowest BCUT2D eigenvalue weighted by Crippen LogP contribution is -2.57. The van der Waals surface area contributed by atoms with Crippen LogP contribution in [0.2, 0.25) is 0 Å². The first kappa shape index (κ1) is 21.4. The van der Waals surface area contributed by atoms with Crippen LogP contribution in [0.4, 0.5) is 0 Å². The van der Waals surface area contributed by atoms with E-state index in [0.29, 0.717) is 5.75 Å². The number of esters is 1. The summed E-state index contributed by atoms with van der Waals surface area (Å²) < 4.78 is 9.86. The van der Waals surface area contributed by atoms with Gasteiger partial charge in [-0.3, -0.25) is 19.7 Å². The van der Waals surface area contributed by atoms with Gasteiger partial charge in [-0.1, -0.05) is 18.2 Å². The maximum absolute atomic E-state index is 12.8. The van der Waals surface area contributed by atoms with Gasteiger partial charge in [0.25, 0.3) is 5.91 Å². The number of nitrogens with one attached hydrogen (secondary N) is 3. The summed E-state index contributed by atoms with van der Waals surface area (Å²) in [6.07, 6.45) is 1.87. The minimum Gasteiger partial charge on any atom is -0.484 e. The predicted octanol–water partition coefficient (Wildman–Crippen LogP) is 0.812. The first-order valence-corrected chi connectivity index (χ1v) is 10.5. The highest BCUT2D eigenvalue weighted by Crippen LogP contribution is 2.39. The molecule has 3 atom stereocenters. The second-order valence-electron chi connectivity index (χ2n) is 7.69. The molecule has 2 aliphatic rings. The number of para-hydroxylation sites is 1. The summed E-state index contributed by atoms with van der Waals surface area (Å²) in [7, 11) is 1.33. The van der Waals surface area contributed by atoms with Crippen molar-refractivity contribution in [3.8, 4) is 5.75 Å². The van der Waals surface area contributed by atoms with Crippen molar-refractivity contribution in [2.75, 3.05) is 13.7 Å². The molecule has 1 aromatic rings. The largest absolute Gasteiger partial charge is 0.484 e. The fraction of sp³-hybridized carbons (Fsp3) is 0.550. The number of amides is 2. The average Bonchev–Trinajstić information content (AvgIpc) is 3.45. The number of benzene rings is 1. The average molecular weight is 422 g/mol. The number of methoxy groups -OCH3 is 1. The zero-order valence-corrected chi connectivity index (χ0v) is 17.6. The third-order valence-corrected chi connectivity index (χ3v) is 6.34. The first-order valence-electron chi connectivity index (χ1n) is 9.59. The molecule has 3 rings (SSSR count). The second-order valence-corrected chi connectivity index (χ2v) is 9.49. The molecule has 1 saturated carbocycles. The summed E-state index contributed by atoms with van der Waals surface area (Å²) in [5.41, 5.74) is 0. The maximum atomic E-state index is 12.8. The van der Waals surface area contributed by atoms with Gasteiger partial charge in [0.15, 0.2) is 6.61 Å². The van der Waals surface area contributed by atoms with Crippen molar-refractivity contribution in [3.63, 3.8) is 0 Å². The van der Waals surface area contributed by atoms with Crippen molar-refractivity contribution in [1.29, 1.82) is 0 Å². The Morgan fingerprint density at radius 1 is 1.24 bits per heavy atom. The first-order chi connectivity index (χ1) is 13.8. The van der Waals surface area contributed by atoms with Gasteiger partial charge in [-0.25, -0.2) is 0 Å². The van der Waals surface area contributed by atoms with Gasteiger partial charge >= 0.3 is 5.97 Å². The standard InChI is InChI=1S/C20H27N3O5S/c1-20(2)16(19(26)27-3)23-18(29-20)15(17(25)21-12-9-10-12)22-14(24)11-28-13-7-5-4-6-8-13/h4-8,12,15-16,18,23H,9-11H2,1-3H3,(H,21,25)(H,22,24)/t15-,16+,18-/m1/s1. The van der Waals surface area contributed by atoms with E-state index < -0.39 is 34.1 Å². The molecular formula is C20H27N3O5S. The van der Waals surface area contributed by atoms with E-state index in [2.05, 4.69) is 16.0 Å². The van der Waals surface area contributed by atoms with Crippen molar-refractivity contribution in [2.24, 2.45) is 0 Å². The van der Waals surface area contributed by atoms with Crippen LogP contribution in [-0.2, 0) is 19.1 Å². The van der Waals surface area contributed by atoms with Gasteiger partial charge < -0.3 is 20.1 Å². The van der Waals surface area contributed by atoms with Crippen LogP contribution in [0.25, 0.3) is 0 Å². The van der Waals surface area contributed by atoms with Crippen molar-refractivity contribution < 1.29 is 23.9 Å². The third-order valence-electron chi connectivity index (χ3n) is 4.83. The molecule has 1 saturated heterocycles. The van der Waals surface area contributed by atoms with E-state index in [4.69, 9.17) is 9.47 Å². The van der Waals surface area contributed by atoms with Crippen molar-refractivity contribution in [1.82, 2.24) is 16.0 Å². The Morgan fingerprint density at radius 3 is 2.55 bits per heavy atom. The van der Waals surface area contributed by atoms with E-state index in [1.807, 2.05) is 32.0 Å². The number of hydrogen-bond acceptors (Lipinski definition) is 7. The molecule has 1 aliphatic carbocycles. The minimum absolute atomic E-state index is 0.151. The number of carbonyl (C=O) groups excluding carboxylic acids is 3. The van der Waals surface area contributed by atoms with Crippen LogP contribution in [0.1, 0.15) is 26.7 Å². The highest BCUT2D eigenvalue weighted by molar-refractivity contribution is 8.01. The predicted molar refractivity (Wildman–Crippen MR) is 109 cm³/mol. The molecule has 0 aromatic heterocycles. The maximum Gasteiger partial charge on any atom is 0.324 e. The van der Waals surface area contributed by atoms with Gasteiger partial charge in [0.1, 0.15) is 17.8 Å². The normalized spacial score (nSPS) is 23.7. The Morgan fingerprint density at radius 2 is 1.93 bits per heavy atom. The van der Waals surface area contributed by atoms with E-state index in [0.717, 1.165) is 12.8 Å². The van der Waals surface area contributed by atoms with Crippen LogP contribution in [0.15, 0.2) is 30.3 Å². The summed E-state index contributed by atoms with van der Waals surface area (Å²) in [5.74, 6) is -0.509. The molecule has 0 radical (unpaired) electrons. The monoisotopic (exact) mass is 421 g/mol. The Labute approximate surface area is 174 Å². The zero-order chi connectivity index (χ0) is 21.0.